The highest BCUT2D eigenvalue weighted by atomic mass is 32.2. The van der Waals surface area contributed by atoms with Crippen molar-refractivity contribution in [3.63, 3.8) is 0 Å². The van der Waals surface area contributed by atoms with E-state index in [0.717, 1.165) is 28.7 Å². The van der Waals surface area contributed by atoms with Gasteiger partial charge in [-0.25, -0.2) is 4.39 Å². The quantitative estimate of drug-likeness (QED) is 0.332. The first kappa shape index (κ1) is 27.5. The number of hydrogen-bond acceptors (Lipinski definition) is 3. The van der Waals surface area contributed by atoms with Crippen LogP contribution in [-0.2, 0) is 28.3 Å². The van der Waals surface area contributed by atoms with Gasteiger partial charge in [0.05, 0.1) is 5.75 Å². The molecule has 0 spiro atoms. The molecule has 0 saturated heterocycles. The SMILES string of the molecule is CC[C@@H](C)NC(=O)[C@@H](Cc1ccccc1)N(Cc1ccccc1C)C(=O)CSCc1ccc(F)cc1. The summed E-state index contributed by atoms with van der Waals surface area (Å²) in [4.78, 5) is 28.9. The van der Waals surface area contributed by atoms with Gasteiger partial charge in [-0.05, 0) is 54.7 Å². The zero-order valence-corrected chi connectivity index (χ0v) is 22.1. The summed E-state index contributed by atoms with van der Waals surface area (Å²) in [5.41, 5.74) is 4.05. The van der Waals surface area contributed by atoms with Gasteiger partial charge >= 0.3 is 0 Å². The number of thioether (sulfide) groups is 1. The molecule has 36 heavy (non-hydrogen) atoms. The average molecular weight is 507 g/mol. The standard InChI is InChI=1S/C30H35FN2O2S/c1-4-23(3)32-30(35)28(18-24-11-6-5-7-12-24)33(19-26-13-9-8-10-22(26)2)29(34)21-36-20-25-14-16-27(31)17-15-25/h5-17,23,28H,4,18-21H2,1-3H3,(H,32,35)/t23-,28-/m1/s1. The van der Waals surface area contributed by atoms with E-state index in [1.165, 1.54) is 23.9 Å². The second kappa shape index (κ2) is 13.8. The van der Waals surface area contributed by atoms with Crippen LogP contribution in [0.5, 0.6) is 0 Å². The first-order chi connectivity index (χ1) is 17.4. The van der Waals surface area contributed by atoms with E-state index in [4.69, 9.17) is 0 Å². The number of carbonyl (C=O) groups is 2. The minimum Gasteiger partial charge on any atom is -0.352 e. The van der Waals surface area contributed by atoms with E-state index in [2.05, 4.69) is 5.32 Å². The molecule has 0 aliphatic carbocycles. The molecular weight excluding hydrogens is 471 g/mol. The van der Waals surface area contributed by atoms with Gasteiger partial charge in [-0.15, -0.1) is 11.8 Å². The molecule has 3 aromatic carbocycles. The van der Waals surface area contributed by atoms with E-state index in [1.807, 2.05) is 75.4 Å². The topological polar surface area (TPSA) is 49.4 Å². The number of aryl methyl sites for hydroxylation is 1. The van der Waals surface area contributed by atoms with E-state index in [9.17, 15) is 14.0 Å². The molecule has 0 fully saturated rings. The molecule has 0 unspecified atom stereocenters. The van der Waals surface area contributed by atoms with Gasteiger partial charge in [-0.3, -0.25) is 9.59 Å². The lowest BCUT2D eigenvalue weighted by molar-refractivity contribution is -0.139. The molecule has 1 N–H and O–H groups in total. The number of benzene rings is 3. The lowest BCUT2D eigenvalue weighted by Gasteiger charge is -2.32. The average Bonchev–Trinajstić information content (AvgIpc) is 2.88. The van der Waals surface area contributed by atoms with Crippen molar-refractivity contribution in [3.05, 3.63) is 107 Å². The number of hydrogen-bond donors (Lipinski definition) is 1. The number of rotatable bonds is 12. The molecule has 0 bridgehead atoms. The second-order valence-electron chi connectivity index (χ2n) is 9.09. The minimum absolute atomic E-state index is 0.0130. The first-order valence-electron chi connectivity index (χ1n) is 12.4. The largest absolute Gasteiger partial charge is 0.352 e. The van der Waals surface area contributed by atoms with Crippen LogP contribution in [0, 0.1) is 12.7 Å². The molecule has 0 aromatic heterocycles. The molecule has 4 nitrogen and oxygen atoms in total. The van der Waals surface area contributed by atoms with Crippen LogP contribution in [0.1, 0.15) is 42.5 Å². The van der Waals surface area contributed by atoms with Crippen molar-refractivity contribution >= 4 is 23.6 Å². The van der Waals surface area contributed by atoms with Crippen LogP contribution in [0.25, 0.3) is 0 Å². The summed E-state index contributed by atoms with van der Waals surface area (Å²) < 4.78 is 13.2. The Bertz CT molecular complexity index is 1120. The van der Waals surface area contributed by atoms with Crippen molar-refractivity contribution in [1.82, 2.24) is 10.2 Å². The first-order valence-corrected chi connectivity index (χ1v) is 13.5. The minimum atomic E-state index is -0.639. The normalized spacial score (nSPS) is 12.6. The molecule has 3 aromatic rings. The summed E-state index contributed by atoms with van der Waals surface area (Å²) in [6, 6.07) is 23.5. The molecule has 6 heteroatoms. The van der Waals surface area contributed by atoms with Crippen molar-refractivity contribution in [2.24, 2.45) is 0 Å². The molecule has 0 aliphatic heterocycles. The van der Waals surface area contributed by atoms with E-state index in [-0.39, 0.29) is 29.4 Å². The summed E-state index contributed by atoms with van der Waals surface area (Å²) in [5, 5.41) is 3.10. The highest BCUT2D eigenvalue weighted by Crippen LogP contribution is 2.20. The molecule has 2 amide bonds. The molecule has 0 saturated carbocycles. The van der Waals surface area contributed by atoms with Gasteiger partial charge in [-0.1, -0.05) is 73.7 Å². The van der Waals surface area contributed by atoms with Crippen molar-refractivity contribution < 1.29 is 14.0 Å². The zero-order chi connectivity index (χ0) is 25.9. The summed E-state index contributed by atoms with van der Waals surface area (Å²) >= 11 is 1.47. The number of nitrogens with zero attached hydrogens (tertiary/aromatic N) is 1. The van der Waals surface area contributed by atoms with Crippen LogP contribution in [0.4, 0.5) is 4.39 Å². The molecule has 0 radical (unpaired) electrons. The Labute approximate surface area is 218 Å². The fourth-order valence-corrected chi connectivity index (χ4v) is 4.76. The monoisotopic (exact) mass is 506 g/mol. The molecule has 0 aliphatic rings. The lowest BCUT2D eigenvalue weighted by Crippen LogP contribution is -2.52. The van der Waals surface area contributed by atoms with Gasteiger partial charge in [0.15, 0.2) is 0 Å². The van der Waals surface area contributed by atoms with Gasteiger partial charge in [0.1, 0.15) is 11.9 Å². The van der Waals surface area contributed by atoms with Gasteiger partial charge in [-0.2, -0.15) is 0 Å². The molecule has 190 valence electrons. The number of amides is 2. The third-order valence-electron chi connectivity index (χ3n) is 6.28. The summed E-state index contributed by atoms with van der Waals surface area (Å²) in [5.74, 6) is 0.308. The third-order valence-corrected chi connectivity index (χ3v) is 7.27. The van der Waals surface area contributed by atoms with Crippen LogP contribution < -0.4 is 5.32 Å². The summed E-state index contributed by atoms with van der Waals surface area (Å²) in [7, 11) is 0. The Balaban J connectivity index is 1.86. The van der Waals surface area contributed by atoms with Crippen molar-refractivity contribution in [2.75, 3.05) is 5.75 Å². The maximum atomic E-state index is 13.7. The smallest absolute Gasteiger partial charge is 0.243 e. The predicted octanol–water partition coefficient (Wildman–Crippen LogP) is 5.92. The maximum Gasteiger partial charge on any atom is 0.243 e. The van der Waals surface area contributed by atoms with Crippen LogP contribution in [0.15, 0.2) is 78.9 Å². The van der Waals surface area contributed by atoms with Crippen LogP contribution >= 0.6 is 11.8 Å². The van der Waals surface area contributed by atoms with E-state index in [0.29, 0.717) is 18.7 Å². The van der Waals surface area contributed by atoms with Crippen molar-refractivity contribution in [1.29, 1.82) is 0 Å². The highest BCUT2D eigenvalue weighted by molar-refractivity contribution is 7.99. The van der Waals surface area contributed by atoms with E-state index >= 15 is 0 Å². The number of halogens is 1. The Morgan fingerprint density at radius 3 is 2.28 bits per heavy atom. The fourth-order valence-electron chi connectivity index (χ4n) is 3.89. The van der Waals surface area contributed by atoms with Crippen molar-refractivity contribution in [2.45, 2.75) is 58.0 Å². The predicted molar refractivity (Wildman–Crippen MR) is 146 cm³/mol. The number of carbonyl (C=O) groups excluding carboxylic acids is 2. The zero-order valence-electron chi connectivity index (χ0n) is 21.2. The van der Waals surface area contributed by atoms with Crippen molar-refractivity contribution in [3.8, 4) is 0 Å². The van der Waals surface area contributed by atoms with Crippen LogP contribution in [0.3, 0.4) is 0 Å². The molecule has 3 rings (SSSR count). The Morgan fingerprint density at radius 2 is 1.61 bits per heavy atom. The summed E-state index contributed by atoms with van der Waals surface area (Å²) in [6.07, 6.45) is 1.24. The van der Waals surface area contributed by atoms with E-state index < -0.39 is 6.04 Å². The third kappa shape index (κ3) is 8.23. The second-order valence-corrected chi connectivity index (χ2v) is 10.1. The molecule has 0 heterocycles. The Morgan fingerprint density at radius 1 is 0.944 bits per heavy atom. The maximum absolute atomic E-state index is 13.7. The highest BCUT2D eigenvalue weighted by Gasteiger charge is 2.31. The van der Waals surface area contributed by atoms with Crippen LogP contribution in [-0.4, -0.2) is 34.6 Å². The van der Waals surface area contributed by atoms with Gasteiger partial charge in [0, 0.05) is 24.8 Å². The summed E-state index contributed by atoms with van der Waals surface area (Å²) in [6.45, 7) is 6.38. The molecular formula is C30H35FN2O2S. The molecule has 2 atom stereocenters. The van der Waals surface area contributed by atoms with Gasteiger partial charge in [0.25, 0.3) is 0 Å². The fraction of sp³-hybridized carbons (Fsp3) is 0.333. The van der Waals surface area contributed by atoms with Gasteiger partial charge in [0.2, 0.25) is 11.8 Å². The van der Waals surface area contributed by atoms with E-state index in [1.54, 1.807) is 17.0 Å². The Kier molecular flexibility index (Phi) is 10.6. The number of nitrogens with one attached hydrogen (secondary N) is 1. The lowest BCUT2D eigenvalue weighted by atomic mass is 10.0. The van der Waals surface area contributed by atoms with Crippen LogP contribution in [0.2, 0.25) is 0 Å². The Hall–Kier alpha value is -3.12. The van der Waals surface area contributed by atoms with Gasteiger partial charge < -0.3 is 10.2 Å².